The minimum absolute atomic E-state index is 0.0911. The molecule has 1 aromatic rings. The second-order valence-corrected chi connectivity index (χ2v) is 5.19. The molecule has 18 heavy (non-hydrogen) atoms. The van der Waals surface area contributed by atoms with Crippen molar-refractivity contribution in [1.29, 1.82) is 0 Å². The summed E-state index contributed by atoms with van der Waals surface area (Å²) in [6, 6.07) is 0. The number of rotatable bonds is 4. The van der Waals surface area contributed by atoms with Gasteiger partial charge in [-0.25, -0.2) is 0 Å². The highest BCUT2D eigenvalue weighted by molar-refractivity contribution is 9.10. The molecule has 0 bridgehead atoms. The summed E-state index contributed by atoms with van der Waals surface area (Å²) in [5, 5.41) is 0. The largest absolute Gasteiger partial charge is 0.496 e. The Balaban J connectivity index is 3.51. The van der Waals surface area contributed by atoms with E-state index in [0.29, 0.717) is 11.3 Å². The molecular weight excluding hydrogens is 296 g/mol. The Kier molecular flexibility index (Phi) is 4.68. The molecule has 0 aliphatic rings. The molecular formula is C14H17BrO3. The first-order chi connectivity index (χ1) is 8.31. The summed E-state index contributed by atoms with van der Waals surface area (Å²) in [5.74, 6) is 0.232. The average molecular weight is 313 g/mol. The predicted molar refractivity (Wildman–Crippen MR) is 74.5 cm³/mol. The van der Waals surface area contributed by atoms with Gasteiger partial charge in [0.15, 0.2) is 5.78 Å². The van der Waals surface area contributed by atoms with E-state index in [2.05, 4.69) is 15.9 Å². The van der Waals surface area contributed by atoms with Gasteiger partial charge in [-0.05, 0) is 44.4 Å². The summed E-state index contributed by atoms with van der Waals surface area (Å²) in [4.78, 5) is 23.3. The number of ether oxygens (including phenoxy) is 1. The Bertz CT molecular complexity index is 519. The van der Waals surface area contributed by atoms with Gasteiger partial charge in [-0.15, -0.1) is 0 Å². The molecule has 0 heterocycles. The molecule has 0 unspecified atom stereocenters. The molecule has 0 aromatic heterocycles. The number of halogens is 1. The van der Waals surface area contributed by atoms with Crippen molar-refractivity contribution in [3.05, 3.63) is 26.7 Å². The summed E-state index contributed by atoms with van der Waals surface area (Å²) in [5.41, 5.74) is 3.29. The fraction of sp³-hybridized carbons (Fsp3) is 0.429. The van der Waals surface area contributed by atoms with Gasteiger partial charge in [0.05, 0.1) is 19.1 Å². The lowest BCUT2D eigenvalue weighted by Gasteiger charge is -2.17. The first-order valence-corrected chi connectivity index (χ1v) is 6.46. The monoisotopic (exact) mass is 312 g/mol. The molecule has 0 saturated heterocycles. The normalized spacial score (nSPS) is 10.3. The Morgan fingerprint density at radius 2 is 1.67 bits per heavy atom. The Hall–Kier alpha value is -1.16. The van der Waals surface area contributed by atoms with E-state index in [1.807, 2.05) is 20.8 Å². The molecule has 0 amide bonds. The molecule has 0 spiro atoms. The van der Waals surface area contributed by atoms with Gasteiger partial charge < -0.3 is 4.74 Å². The molecule has 0 N–H and O–H groups in total. The van der Waals surface area contributed by atoms with Crippen LogP contribution < -0.4 is 4.74 Å². The van der Waals surface area contributed by atoms with Crippen molar-refractivity contribution in [3.8, 4) is 5.75 Å². The van der Waals surface area contributed by atoms with Crippen molar-refractivity contribution in [1.82, 2.24) is 0 Å². The van der Waals surface area contributed by atoms with Crippen molar-refractivity contribution in [2.75, 3.05) is 7.11 Å². The van der Waals surface area contributed by atoms with Crippen LogP contribution in [0.1, 0.15) is 40.4 Å². The minimum Gasteiger partial charge on any atom is -0.496 e. The first kappa shape index (κ1) is 14.9. The fourth-order valence-corrected chi connectivity index (χ4v) is 2.48. The third-order valence-corrected chi connectivity index (χ3v) is 4.25. The predicted octanol–water partition coefficient (Wildman–Crippen LogP) is 3.54. The van der Waals surface area contributed by atoms with Crippen LogP contribution in [0.2, 0.25) is 0 Å². The van der Waals surface area contributed by atoms with Crippen LogP contribution in [0.5, 0.6) is 5.75 Å². The molecule has 0 saturated carbocycles. The smallest absolute Gasteiger partial charge is 0.174 e. The zero-order chi connectivity index (χ0) is 14.0. The van der Waals surface area contributed by atoms with Crippen LogP contribution >= 0.6 is 15.9 Å². The van der Waals surface area contributed by atoms with Crippen molar-refractivity contribution in [2.24, 2.45) is 0 Å². The van der Waals surface area contributed by atoms with Crippen LogP contribution in [0.25, 0.3) is 0 Å². The van der Waals surface area contributed by atoms with Gasteiger partial charge in [0.1, 0.15) is 11.5 Å². The molecule has 0 aliphatic heterocycles. The van der Waals surface area contributed by atoms with Gasteiger partial charge in [0.2, 0.25) is 0 Å². The van der Waals surface area contributed by atoms with Crippen molar-refractivity contribution in [3.63, 3.8) is 0 Å². The highest BCUT2D eigenvalue weighted by Gasteiger charge is 2.22. The standard InChI is InChI=1S/C14H17BrO3/c1-7(16)6-11(17)12-10(4)13(15)8(2)9(3)14(12)18-5/h6H2,1-5H3. The number of carbonyl (C=O) groups is 2. The molecule has 3 nitrogen and oxygen atoms in total. The zero-order valence-electron chi connectivity index (χ0n) is 11.3. The SMILES string of the molecule is COc1c(C)c(C)c(Br)c(C)c1C(=O)CC(C)=O. The molecule has 0 atom stereocenters. The van der Waals surface area contributed by atoms with Gasteiger partial charge in [0, 0.05) is 4.47 Å². The zero-order valence-corrected chi connectivity index (χ0v) is 12.9. The fourth-order valence-electron chi connectivity index (χ4n) is 1.99. The van der Waals surface area contributed by atoms with E-state index in [1.54, 1.807) is 7.11 Å². The van der Waals surface area contributed by atoms with Crippen molar-refractivity contribution in [2.45, 2.75) is 34.1 Å². The third-order valence-electron chi connectivity index (χ3n) is 3.06. The lowest BCUT2D eigenvalue weighted by Crippen LogP contribution is -2.11. The molecule has 0 radical (unpaired) electrons. The van der Waals surface area contributed by atoms with Crippen LogP contribution in [-0.4, -0.2) is 18.7 Å². The molecule has 1 rings (SSSR count). The number of benzene rings is 1. The highest BCUT2D eigenvalue weighted by Crippen LogP contribution is 2.36. The van der Waals surface area contributed by atoms with E-state index < -0.39 is 0 Å². The molecule has 0 fully saturated rings. The second-order valence-electron chi connectivity index (χ2n) is 4.40. The molecule has 0 aliphatic carbocycles. The van der Waals surface area contributed by atoms with Crippen LogP contribution in [0.4, 0.5) is 0 Å². The number of ketones is 2. The van der Waals surface area contributed by atoms with Gasteiger partial charge in [0.25, 0.3) is 0 Å². The van der Waals surface area contributed by atoms with E-state index in [1.165, 1.54) is 6.92 Å². The molecule has 98 valence electrons. The molecule has 4 heteroatoms. The van der Waals surface area contributed by atoms with Crippen LogP contribution in [0.15, 0.2) is 4.47 Å². The highest BCUT2D eigenvalue weighted by atomic mass is 79.9. The maximum Gasteiger partial charge on any atom is 0.174 e. The lowest BCUT2D eigenvalue weighted by molar-refractivity contribution is -0.116. The lowest BCUT2D eigenvalue weighted by atomic mass is 9.94. The van der Waals surface area contributed by atoms with Gasteiger partial charge in [-0.1, -0.05) is 15.9 Å². The summed E-state index contributed by atoms with van der Waals surface area (Å²) < 4.78 is 6.24. The van der Waals surface area contributed by atoms with Crippen LogP contribution in [0.3, 0.4) is 0 Å². The Morgan fingerprint density at radius 3 is 2.11 bits per heavy atom. The van der Waals surface area contributed by atoms with E-state index in [-0.39, 0.29) is 18.0 Å². The van der Waals surface area contributed by atoms with E-state index in [0.717, 1.165) is 21.2 Å². The van der Waals surface area contributed by atoms with Crippen molar-refractivity contribution >= 4 is 27.5 Å². The summed E-state index contributed by atoms with van der Waals surface area (Å²) >= 11 is 3.49. The minimum atomic E-state index is -0.194. The Morgan fingerprint density at radius 1 is 1.11 bits per heavy atom. The van der Waals surface area contributed by atoms with Crippen molar-refractivity contribution < 1.29 is 14.3 Å². The number of hydrogen-bond acceptors (Lipinski definition) is 3. The van der Waals surface area contributed by atoms with E-state index >= 15 is 0 Å². The van der Waals surface area contributed by atoms with E-state index in [4.69, 9.17) is 4.74 Å². The number of hydrogen-bond donors (Lipinski definition) is 0. The van der Waals surface area contributed by atoms with Gasteiger partial charge in [-0.2, -0.15) is 0 Å². The summed E-state index contributed by atoms with van der Waals surface area (Å²) in [6.07, 6.45) is -0.0911. The van der Waals surface area contributed by atoms with Gasteiger partial charge >= 0.3 is 0 Å². The van der Waals surface area contributed by atoms with Crippen LogP contribution in [-0.2, 0) is 4.79 Å². The van der Waals surface area contributed by atoms with E-state index in [9.17, 15) is 9.59 Å². The number of methoxy groups -OCH3 is 1. The number of Topliss-reactive ketones (excluding diaryl/α,β-unsaturated/α-hetero) is 2. The molecule has 1 aromatic carbocycles. The second kappa shape index (κ2) is 5.65. The Labute approximate surface area is 116 Å². The van der Waals surface area contributed by atoms with Gasteiger partial charge in [-0.3, -0.25) is 9.59 Å². The third kappa shape index (κ3) is 2.64. The first-order valence-electron chi connectivity index (χ1n) is 5.67. The quantitative estimate of drug-likeness (QED) is 0.631. The summed E-state index contributed by atoms with van der Waals surface area (Å²) in [6.45, 7) is 7.14. The number of carbonyl (C=O) groups excluding carboxylic acids is 2. The average Bonchev–Trinajstić information content (AvgIpc) is 2.29. The maximum absolute atomic E-state index is 12.1. The van der Waals surface area contributed by atoms with Crippen LogP contribution in [0, 0.1) is 20.8 Å². The summed E-state index contributed by atoms with van der Waals surface area (Å²) in [7, 11) is 1.54. The topological polar surface area (TPSA) is 43.4 Å². The maximum atomic E-state index is 12.1.